The van der Waals surface area contributed by atoms with Crippen molar-refractivity contribution in [3.8, 4) is 5.19 Å². The fraction of sp³-hybridized carbons (Fsp3) is 0.308. The van der Waals surface area contributed by atoms with Crippen molar-refractivity contribution < 1.29 is 9.13 Å². The van der Waals surface area contributed by atoms with Crippen LogP contribution in [-0.2, 0) is 13.0 Å². The van der Waals surface area contributed by atoms with Gasteiger partial charge in [0.15, 0.2) is 0 Å². The van der Waals surface area contributed by atoms with Crippen LogP contribution >= 0.6 is 11.3 Å². The minimum atomic E-state index is -0.191. The number of aromatic nitrogens is 1. The number of methoxy groups -OCH3 is 1. The van der Waals surface area contributed by atoms with E-state index in [2.05, 4.69) is 10.3 Å². The Kier molecular flexibility index (Phi) is 4.66. The Hall–Kier alpha value is -1.46. The summed E-state index contributed by atoms with van der Waals surface area (Å²) in [6, 6.07) is 6.60. The molecule has 5 heteroatoms. The van der Waals surface area contributed by atoms with Crippen molar-refractivity contribution in [3.05, 3.63) is 46.7 Å². The topological polar surface area (TPSA) is 34.1 Å². The highest BCUT2D eigenvalue weighted by molar-refractivity contribution is 7.13. The molecule has 1 aromatic carbocycles. The molecule has 0 aliphatic rings. The molecule has 18 heavy (non-hydrogen) atoms. The van der Waals surface area contributed by atoms with Gasteiger partial charge < -0.3 is 10.1 Å². The number of rotatable bonds is 6. The summed E-state index contributed by atoms with van der Waals surface area (Å²) in [6.45, 7) is 1.63. The second-order valence-electron chi connectivity index (χ2n) is 3.85. The molecule has 0 fully saturated rings. The van der Waals surface area contributed by atoms with E-state index in [4.69, 9.17) is 4.74 Å². The Bertz CT molecular complexity index is 484. The van der Waals surface area contributed by atoms with E-state index in [0.717, 1.165) is 30.0 Å². The van der Waals surface area contributed by atoms with Crippen molar-refractivity contribution in [3.63, 3.8) is 0 Å². The first-order valence-electron chi connectivity index (χ1n) is 5.72. The molecule has 3 nitrogen and oxygen atoms in total. The highest BCUT2D eigenvalue weighted by atomic mass is 32.1. The minimum Gasteiger partial charge on any atom is -0.473 e. The summed E-state index contributed by atoms with van der Waals surface area (Å²) >= 11 is 1.54. The average molecular weight is 266 g/mol. The third-order valence-electron chi connectivity index (χ3n) is 2.51. The molecule has 0 amide bonds. The van der Waals surface area contributed by atoms with Gasteiger partial charge in [0.25, 0.3) is 5.19 Å². The molecule has 0 spiro atoms. The van der Waals surface area contributed by atoms with Gasteiger partial charge >= 0.3 is 0 Å². The summed E-state index contributed by atoms with van der Waals surface area (Å²) in [7, 11) is 1.62. The second-order valence-corrected chi connectivity index (χ2v) is 4.93. The van der Waals surface area contributed by atoms with E-state index in [1.807, 2.05) is 18.3 Å². The van der Waals surface area contributed by atoms with E-state index in [9.17, 15) is 4.39 Å². The van der Waals surface area contributed by atoms with Gasteiger partial charge in [0.05, 0.1) is 7.11 Å². The number of benzene rings is 1. The molecule has 0 radical (unpaired) electrons. The van der Waals surface area contributed by atoms with Crippen molar-refractivity contribution in [1.82, 2.24) is 10.3 Å². The zero-order valence-corrected chi connectivity index (χ0v) is 11.0. The predicted molar refractivity (Wildman–Crippen MR) is 70.5 cm³/mol. The zero-order valence-electron chi connectivity index (χ0n) is 10.1. The molecular weight excluding hydrogens is 251 g/mol. The van der Waals surface area contributed by atoms with Crippen molar-refractivity contribution in [2.45, 2.75) is 13.0 Å². The van der Waals surface area contributed by atoms with E-state index >= 15 is 0 Å². The molecular formula is C13H15FN2OS. The third-order valence-corrected chi connectivity index (χ3v) is 3.47. The SMILES string of the molecule is COc1ncc(CNCCc2ccc(F)cc2)s1. The van der Waals surface area contributed by atoms with Crippen LogP contribution in [0.1, 0.15) is 10.4 Å². The Morgan fingerprint density at radius 1 is 1.33 bits per heavy atom. The van der Waals surface area contributed by atoms with Crippen LogP contribution in [0.3, 0.4) is 0 Å². The second kappa shape index (κ2) is 6.47. The van der Waals surface area contributed by atoms with Crippen LogP contribution in [0, 0.1) is 5.82 Å². The first-order valence-corrected chi connectivity index (χ1v) is 6.53. The first kappa shape index (κ1) is 13.0. The lowest BCUT2D eigenvalue weighted by Crippen LogP contribution is -2.15. The van der Waals surface area contributed by atoms with E-state index < -0.39 is 0 Å². The fourth-order valence-corrected chi connectivity index (χ4v) is 2.25. The van der Waals surface area contributed by atoms with E-state index in [-0.39, 0.29) is 5.82 Å². The van der Waals surface area contributed by atoms with Crippen LogP contribution in [0.2, 0.25) is 0 Å². The number of ether oxygens (including phenoxy) is 1. The average Bonchev–Trinajstić information content (AvgIpc) is 2.85. The minimum absolute atomic E-state index is 0.191. The van der Waals surface area contributed by atoms with Gasteiger partial charge in [-0.15, -0.1) is 0 Å². The lowest BCUT2D eigenvalue weighted by molar-refractivity contribution is 0.412. The van der Waals surface area contributed by atoms with Gasteiger partial charge in [-0.25, -0.2) is 9.37 Å². The number of nitrogens with zero attached hydrogens (tertiary/aromatic N) is 1. The highest BCUT2D eigenvalue weighted by Crippen LogP contribution is 2.19. The highest BCUT2D eigenvalue weighted by Gasteiger charge is 2.00. The van der Waals surface area contributed by atoms with Crippen LogP contribution in [0.4, 0.5) is 4.39 Å². The van der Waals surface area contributed by atoms with E-state index in [1.165, 1.54) is 23.5 Å². The summed E-state index contributed by atoms with van der Waals surface area (Å²) in [6.07, 6.45) is 2.70. The van der Waals surface area contributed by atoms with Crippen molar-refractivity contribution in [2.24, 2.45) is 0 Å². The number of thiazole rings is 1. The lowest BCUT2D eigenvalue weighted by atomic mass is 10.1. The maximum atomic E-state index is 12.7. The smallest absolute Gasteiger partial charge is 0.273 e. The summed E-state index contributed by atoms with van der Waals surface area (Å²) in [5.74, 6) is -0.191. The van der Waals surface area contributed by atoms with E-state index in [0.29, 0.717) is 5.19 Å². The fourth-order valence-electron chi connectivity index (χ4n) is 1.56. The van der Waals surface area contributed by atoms with Gasteiger partial charge in [-0.3, -0.25) is 0 Å². The predicted octanol–water partition coefficient (Wildman–Crippen LogP) is 2.62. The van der Waals surface area contributed by atoms with Crippen LogP contribution in [0.5, 0.6) is 5.19 Å². The Morgan fingerprint density at radius 3 is 2.78 bits per heavy atom. The van der Waals surface area contributed by atoms with Gasteiger partial charge in [0.1, 0.15) is 5.82 Å². The summed E-state index contributed by atoms with van der Waals surface area (Å²) in [5.41, 5.74) is 1.13. The van der Waals surface area contributed by atoms with Crippen molar-refractivity contribution in [2.75, 3.05) is 13.7 Å². The summed E-state index contributed by atoms with van der Waals surface area (Å²) in [5, 5.41) is 4.01. The monoisotopic (exact) mass is 266 g/mol. The number of halogens is 1. The van der Waals surface area contributed by atoms with Gasteiger partial charge in [-0.1, -0.05) is 23.5 Å². The molecule has 0 aliphatic heterocycles. The van der Waals surface area contributed by atoms with Crippen LogP contribution in [0.25, 0.3) is 0 Å². The van der Waals surface area contributed by atoms with Crippen molar-refractivity contribution in [1.29, 1.82) is 0 Å². The maximum Gasteiger partial charge on any atom is 0.273 e. The number of nitrogens with one attached hydrogen (secondary N) is 1. The van der Waals surface area contributed by atoms with Gasteiger partial charge in [-0.05, 0) is 30.7 Å². The quantitative estimate of drug-likeness (QED) is 0.816. The Balaban J connectivity index is 1.71. The molecule has 0 unspecified atom stereocenters. The molecule has 2 aromatic rings. The molecule has 96 valence electrons. The molecule has 0 bridgehead atoms. The maximum absolute atomic E-state index is 12.7. The Morgan fingerprint density at radius 2 is 2.11 bits per heavy atom. The molecule has 1 heterocycles. The standard InChI is InChI=1S/C13H15FN2OS/c1-17-13-16-9-12(18-13)8-15-7-6-10-2-4-11(14)5-3-10/h2-5,9,15H,6-8H2,1H3. The van der Waals surface area contributed by atoms with Crippen LogP contribution in [0.15, 0.2) is 30.5 Å². The number of hydrogen-bond acceptors (Lipinski definition) is 4. The molecule has 0 atom stereocenters. The van der Waals surface area contributed by atoms with Crippen LogP contribution < -0.4 is 10.1 Å². The normalized spacial score (nSPS) is 10.6. The van der Waals surface area contributed by atoms with Crippen LogP contribution in [-0.4, -0.2) is 18.6 Å². The molecule has 0 saturated carbocycles. The lowest BCUT2D eigenvalue weighted by Gasteiger charge is -2.03. The third kappa shape index (κ3) is 3.78. The molecule has 2 rings (SSSR count). The van der Waals surface area contributed by atoms with Gasteiger partial charge in [0.2, 0.25) is 0 Å². The van der Waals surface area contributed by atoms with E-state index in [1.54, 1.807) is 7.11 Å². The largest absolute Gasteiger partial charge is 0.473 e. The van der Waals surface area contributed by atoms with Gasteiger partial charge in [0, 0.05) is 17.6 Å². The summed E-state index contributed by atoms with van der Waals surface area (Å²) in [4.78, 5) is 5.24. The first-order chi connectivity index (χ1) is 8.78. The summed E-state index contributed by atoms with van der Waals surface area (Å²) < 4.78 is 17.7. The Labute approximate surface area is 110 Å². The van der Waals surface area contributed by atoms with Gasteiger partial charge in [-0.2, -0.15) is 0 Å². The molecule has 1 N–H and O–H groups in total. The molecule has 1 aromatic heterocycles. The molecule has 0 aliphatic carbocycles. The molecule has 0 saturated heterocycles. The zero-order chi connectivity index (χ0) is 12.8. The van der Waals surface area contributed by atoms with Crippen molar-refractivity contribution >= 4 is 11.3 Å². The number of hydrogen-bond donors (Lipinski definition) is 1.